The highest BCUT2D eigenvalue weighted by Gasteiger charge is 2.14. The van der Waals surface area contributed by atoms with Crippen molar-refractivity contribution in [2.75, 3.05) is 20.2 Å². The molecule has 1 aromatic rings. The van der Waals surface area contributed by atoms with Crippen molar-refractivity contribution in [3.63, 3.8) is 0 Å². The molecule has 0 radical (unpaired) electrons. The minimum atomic E-state index is -0.649. The number of aromatic nitrogens is 1. The summed E-state index contributed by atoms with van der Waals surface area (Å²) < 4.78 is 4.80. The van der Waals surface area contributed by atoms with Crippen LogP contribution in [0.25, 0.3) is 0 Å². The Kier molecular flexibility index (Phi) is 5.21. The van der Waals surface area contributed by atoms with Crippen LogP contribution in [0.1, 0.15) is 16.9 Å². The maximum absolute atomic E-state index is 11.5. The topological polar surface area (TPSA) is 86.2 Å². The number of nitriles is 1. The number of amides is 1. The lowest BCUT2D eigenvalue weighted by molar-refractivity contribution is -0.133. The lowest BCUT2D eigenvalue weighted by Crippen LogP contribution is -2.31. The number of H-pyrrole nitrogens is 1. The van der Waals surface area contributed by atoms with Gasteiger partial charge in [0.2, 0.25) is 0 Å². The second-order valence-corrected chi connectivity index (χ2v) is 3.97. The first-order valence-electron chi connectivity index (χ1n) is 5.16. The minimum absolute atomic E-state index is 0.187. The molecular formula is C11H12ClN3O3. The van der Waals surface area contributed by atoms with Gasteiger partial charge in [-0.05, 0) is 6.07 Å². The van der Waals surface area contributed by atoms with Crippen molar-refractivity contribution in [3.8, 4) is 6.07 Å². The smallest absolute Gasteiger partial charge is 0.355 e. The lowest BCUT2D eigenvalue weighted by Gasteiger charge is -2.14. The van der Waals surface area contributed by atoms with Crippen LogP contribution in [0.4, 0.5) is 0 Å². The number of nitrogens with one attached hydrogen (secondary N) is 1. The predicted molar refractivity (Wildman–Crippen MR) is 64.0 cm³/mol. The molecule has 0 unspecified atom stereocenters. The Hall–Kier alpha value is -2.00. The van der Waals surface area contributed by atoms with Crippen molar-refractivity contribution in [3.05, 3.63) is 23.0 Å². The number of nitrogens with zero attached hydrogens (tertiary/aromatic N) is 2. The first-order chi connectivity index (χ1) is 8.54. The number of carbonyl (C=O) groups excluding carboxylic acids is 2. The minimum Gasteiger partial charge on any atom is -0.451 e. The van der Waals surface area contributed by atoms with Gasteiger partial charge in [-0.25, -0.2) is 4.79 Å². The first kappa shape index (κ1) is 14.1. The van der Waals surface area contributed by atoms with E-state index >= 15 is 0 Å². The van der Waals surface area contributed by atoms with Crippen molar-refractivity contribution >= 4 is 23.5 Å². The molecule has 1 amide bonds. The molecule has 0 fully saturated rings. The van der Waals surface area contributed by atoms with Crippen LogP contribution in [0.2, 0.25) is 5.02 Å². The third-order valence-electron chi connectivity index (χ3n) is 2.18. The molecule has 1 heterocycles. The zero-order valence-corrected chi connectivity index (χ0v) is 10.5. The van der Waals surface area contributed by atoms with Gasteiger partial charge >= 0.3 is 5.97 Å². The van der Waals surface area contributed by atoms with E-state index in [0.717, 1.165) is 0 Å². The predicted octanol–water partition coefficient (Wildman–Crippen LogP) is 1.20. The number of rotatable bonds is 5. The molecule has 6 nitrogen and oxygen atoms in total. The summed E-state index contributed by atoms with van der Waals surface area (Å²) in [5.74, 6) is -1.01. The van der Waals surface area contributed by atoms with Gasteiger partial charge in [-0.2, -0.15) is 5.26 Å². The maximum atomic E-state index is 11.5. The molecule has 1 rings (SSSR count). The van der Waals surface area contributed by atoms with Crippen LogP contribution < -0.4 is 0 Å². The van der Waals surface area contributed by atoms with Crippen LogP contribution in [-0.4, -0.2) is 42.0 Å². The summed E-state index contributed by atoms with van der Waals surface area (Å²) in [5.41, 5.74) is 0.187. The van der Waals surface area contributed by atoms with Crippen molar-refractivity contribution in [2.24, 2.45) is 0 Å². The largest absolute Gasteiger partial charge is 0.451 e. The molecule has 0 spiro atoms. The van der Waals surface area contributed by atoms with Gasteiger partial charge in [0.1, 0.15) is 5.69 Å². The van der Waals surface area contributed by atoms with Gasteiger partial charge in [0.05, 0.1) is 17.5 Å². The van der Waals surface area contributed by atoms with Gasteiger partial charge in [-0.3, -0.25) is 4.79 Å². The Morgan fingerprint density at radius 1 is 1.61 bits per heavy atom. The van der Waals surface area contributed by atoms with E-state index in [1.807, 2.05) is 6.07 Å². The zero-order valence-electron chi connectivity index (χ0n) is 9.77. The van der Waals surface area contributed by atoms with Crippen LogP contribution in [0.5, 0.6) is 0 Å². The van der Waals surface area contributed by atoms with Crippen LogP contribution in [0, 0.1) is 11.3 Å². The molecule has 0 aliphatic heterocycles. The summed E-state index contributed by atoms with van der Waals surface area (Å²) in [6.07, 6.45) is 1.68. The molecule has 0 aliphatic rings. The highest BCUT2D eigenvalue weighted by Crippen LogP contribution is 2.10. The number of likely N-dealkylation sites (N-methyl/N-ethyl adjacent to an activating group) is 1. The quantitative estimate of drug-likeness (QED) is 0.814. The van der Waals surface area contributed by atoms with Crippen LogP contribution in [-0.2, 0) is 9.53 Å². The SMILES string of the molecule is CN(CCC#N)C(=O)COC(=O)c1cc(Cl)c[nH]1. The monoisotopic (exact) mass is 269 g/mol. The zero-order chi connectivity index (χ0) is 13.5. The van der Waals surface area contributed by atoms with E-state index in [9.17, 15) is 9.59 Å². The van der Waals surface area contributed by atoms with E-state index in [1.165, 1.54) is 17.2 Å². The molecule has 0 aliphatic carbocycles. The maximum Gasteiger partial charge on any atom is 0.355 e. The Morgan fingerprint density at radius 3 is 2.89 bits per heavy atom. The molecule has 1 N–H and O–H groups in total. The fraction of sp³-hybridized carbons (Fsp3) is 0.364. The van der Waals surface area contributed by atoms with Gasteiger partial charge in [-0.1, -0.05) is 11.6 Å². The number of aromatic amines is 1. The average molecular weight is 270 g/mol. The first-order valence-corrected chi connectivity index (χ1v) is 5.54. The molecule has 1 aromatic heterocycles. The standard InChI is InChI=1S/C11H12ClN3O3/c1-15(4-2-3-13)10(16)7-18-11(17)9-5-8(12)6-14-9/h5-6,14H,2,4,7H2,1H3. The van der Waals surface area contributed by atoms with Gasteiger partial charge in [0.15, 0.2) is 6.61 Å². The van der Waals surface area contributed by atoms with Gasteiger partial charge in [0.25, 0.3) is 5.91 Å². The van der Waals surface area contributed by atoms with E-state index in [1.54, 1.807) is 7.05 Å². The Bertz CT molecular complexity index is 478. The molecule has 0 saturated carbocycles. The number of esters is 1. The van der Waals surface area contributed by atoms with Gasteiger partial charge in [-0.15, -0.1) is 0 Å². The van der Waals surface area contributed by atoms with Gasteiger partial charge in [0, 0.05) is 19.8 Å². The Morgan fingerprint density at radius 2 is 2.33 bits per heavy atom. The van der Waals surface area contributed by atoms with Crippen molar-refractivity contribution in [1.29, 1.82) is 5.26 Å². The van der Waals surface area contributed by atoms with E-state index in [0.29, 0.717) is 11.6 Å². The summed E-state index contributed by atoms with van der Waals surface area (Å²) in [5, 5.41) is 8.76. The molecule has 18 heavy (non-hydrogen) atoms. The van der Waals surface area contributed by atoms with Crippen molar-refractivity contribution < 1.29 is 14.3 Å². The van der Waals surface area contributed by atoms with E-state index in [4.69, 9.17) is 21.6 Å². The third-order valence-corrected chi connectivity index (χ3v) is 2.40. The van der Waals surface area contributed by atoms with Crippen molar-refractivity contribution in [1.82, 2.24) is 9.88 Å². The second-order valence-electron chi connectivity index (χ2n) is 3.53. The Balaban J connectivity index is 2.39. The molecule has 0 saturated heterocycles. The third kappa shape index (κ3) is 4.11. The van der Waals surface area contributed by atoms with E-state index in [2.05, 4.69) is 4.98 Å². The number of hydrogen-bond donors (Lipinski definition) is 1. The highest BCUT2D eigenvalue weighted by molar-refractivity contribution is 6.30. The molecular weight excluding hydrogens is 258 g/mol. The second kappa shape index (κ2) is 6.67. The highest BCUT2D eigenvalue weighted by atomic mass is 35.5. The molecule has 0 atom stereocenters. The molecule has 0 aromatic carbocycles. The molecule has 96 valence electrons. The molecule has 7 heteroatoms. The van der Waals surface area contributed by atoms with Crippen LogP contribution in [0.3, 0.4) is 0 Å². The number of carbonyl (C=O) groups is 2. The summed E-state index contributed by atoms with van der Waals surface area (Å²) >= 11 is 5.63. The lowest BCUT2D eigenvalue weighted by atomic mass is 10.4. The summed E-state index contributed by atoms with van der Waals surface area (Å²) in [6.45, 7) is -0.0569. The van der Waals surface area contributed by atoms with Gasteiger partial charge < -0.3 is 14.6 Å². The summed E-state index contributed by atoms with van der Waals surface area (Å²) in [6, 6.07) is 3.34. The number of halogens is 1. The normalized spacial score (nSPS) is 9.61. The van der Waals surface area contributed by atoms with Crippen molar-refractivity contribution in [2.45, 2.75) is 6.42 Å². The van der Waals surface area contributed by atoms with E-state index < -0.39 is 5.97 Å². The summed E-state index contributed by atoms with van der Waals surface area (Å²) in [7, 11) is 1.54. The number of ether oxygens (including phenoxy) is 1. The average Bonchev–Trinajstić information content (AvgIpc) is 2.79. The van der Waals surface area contributed by atoms with E-state index in [-0.39, 0.29) is 24.6 Å². The fourth-order valence-electron chi connectivity index (χ4n) is 1.14. The Labute approximate surface area is 109 Å². The number of hydrogen-bond acceptors (Lipinski definition) is 4. The fourth-order valence-corrected chi connectivity index (χ4v) is 1.31. The molecule has 0 bridgehead atoms. The van der Waals surface area contributed by atoms with Crippen LogP contribution >= 0.6 is 11.6 Å². The summed E-state index contributed by atoms with van der Waals surface area (Å²) in [4.78, 5) is 26.9. The van der Waals surface area contributed by atoms with Crippen LogP contribution in [0.15, 0.2) is 12.3 Å².